The molecule has 0 saturated carbocycles. The number of hydrogen-bond donors (Lipinski definition) is 1. The van der Waals surface area contributed by atoms with Gasteiger partial charge < -0.3 is 14.6 Å². The van der Waals surface area contributed by atoms with Crippen LogP contribution in [0.15, 0.2) is 36.4 Å². The lowest BCUT2D eigenvalue weighted by molar-refractivity contribution is -0.143. The molecule has 1 heterocycles. The maximum absolute atomic E-state index is 12.6. The predicted molar refractivity (Wildman–Crippen MR) is 93.3 cm³/mol. The number of halogens is 2. The number of carbonyl (C=O) groups is 2. The molecule has 1 atom stereocenters. The van der Waals surface area contributed by atoms with E-state index in [1.807, 2.05) is 30.3 Å². The molecule has 0 bridgehead atoms. The van der Waals surface area contributed by atoms with Crippen molar-refractivity contribution in [3.05, 3.63) is 57.8 Å². The summed E-state index contributed by atoms with van der Waals surface area (Å²) in [6.07, 6.45) is 0.0372. The molecule has 0 fully saturated rings. The lowest BCUT2D eigenvalue weighted by Crippen LogP contribution is -2.31. The van der Waals surface area contributed by atoms with Crippen molar-refractivity contribution in [3.63, 3.8) is 0 Å². The molecule has 2 rings (SSSR count). The number of nitrogens with one attached hydrogen (secondary N) is 1. The minimum Gasteiger partial charge on any atom is -0.466 e. The molecule has 0 saturated heterocycles. The van der Waals surface area contributed by atoms with Crippen LogP contribution < -0.4 is 5.32 Å². The summed E-state index contributed by atoms with van der Waals surface area (Å²) in [6, 6.07) is 10.2. The van der Waals surface area contributed by atoms with Crippen LogP contribution in [0.3, 0.4) is 0 Å². The molecule has 0 aliphatic carbocycles. The minimum atomic E-state index is -0.509. The third-order valence-electron chi connectivity index (χ3n) is 3.53. The lowest BCUT2D eigenvalue weighted by Gasteiger charge is -2.18. The summed E-state index contributed by atoms with van der Waals surface area (Å²) in [5.41, 5.74) is 1.13. The first-order valence-corrected chi connectivity index (χ1v) is 8.21. The number of amides is 1. The highest BCUT2D eigenvalue weighted by atomic mass is 35.5. The fraction of sp³-hybridized carbons (Fsp3) is 0.294. The van der Waals surface area contributed by atoms with E-state index in [-0.39, 0.29) is 30.1 Å². The predicted octanol–water partition coefficient (Wildman–Crippen LogP) is 3.76. The van der Waals surface area contributed by atoms with Crippen LogP contribution in [-0.4, -0.2) is 23.1 Å². The molecule has 128 valence electrons. The summed E-state index contributed by atoms with van der Waals surface area (Å²) >= 11 is 11.9. The standard InChI is InChI=1S/C17H18Cl2N2O3/c1-3-24-15(22)10-13(11-7-5-4-6-8-11)20-17(23)14-9-12(18)16(19)21(14)2/h4-9,13H,3,10H2,1-2H3,(H,20,23). The van der Waals surface area contributed by atoms with Crippen LogP contribution in [-0.2, 0) is 16.6 Å². The van der Waals surface area contributed by atoms with Crippen LogP contribution in [0, 0.1) is 0 Å². The zero-order chi connectivity index (χ0) is 17.7. The fourth-order valence-electron chi connectivity index (χ4n) is 2.32. The van der Waals surface area contributed by atoms with Gasteiger partial charge in [0, 0.05) is 7.05 Å². The molecule has 0 aliphatic rings. The van der Waals surface area contributed by atoms with Crippen molar-refractivity contribution in [2.75, 3.05) is 6.61 Å². The van der Waals surface area contributed by atoms with Gasteiger partial charge in [0.05, 0.1) is 24.1 Å². The molecule has 1 N–H and O–H groups in total. The Bertz CT molecular complexity index is 729. The van der Waals surface area contributed by atoms with Crippen molar-refractivity contribution in [1.29, 1.82) is 0 Å². The highest BCUT2D eigenvalue weighted by molar-refractivity contribution is 6.41. The van der Waals surface area contributed by atoms with Crippen molar-refractivity contribution in [2.24, 2.45) is 7.05 Å². The van der Waals surface area contributed by atoms with E-state index < -0.39 is 6.04 Å². The normalized spacial score (nSPS) is 11.8. The number of hydrogen-bond acceptors (Lipinski definition) is 3. The Morgan fingerprint density at radius 1 is 1.25 bits per heavy atom. The fourth-order valence-corrected chi connectivity index (χ4v) is 2.69. The molecule has 24 heavy (non-hydrogen) atoms. The summed E-state index contributed by atoms with van der Waals surface area (Å²) in [5.74, 6) is -0.751. The zero-order valence-corrected chi connectivity index (χ0v) is 14.9. The van der Waals surface area contributed by atoms with E-state index in [0.717, 1.165) is 5.56 Å². The average molecular weight is 369 g/mol. The molecule has 5 nitrogen and oxygen atoms in total. The van der Waals surface area contributed by atoms with E-state index in [1.54, 1.807) is 14.0 Å². The van der Waals surface area contributed by atoms with Crippen molar-refractivity contribution in [1.82, 2.24) is 9.88 Å². The highest BCUT2D eigenvalue weighted by Gasteiger charge is 2.22. The van der Waals surface area contributed by atoms with Crippen LogP contribution in [0.5, 0.6) is 0 Å². The second kappa shape index (κ2) is 8.22. The molecule has 7 heteroatoms. The van der Waals surface area contributed by atoms with Gasteiger partial charge in [0.15, 0.2) is 0 Å². The van der Waals surface area contributed by atoms with Gasteiger partial charge in [0.2, 0.25) is 0 Å². The van der Waals surface area contributed by atoms with E-state index in [9.17, 15) is 9.59 Å². The van der Waals surface area contributed by atoms with Crippen LogP contribution >= 0.6 is 23.2 Å². The zero-order valence-electron chi connectivity index (χ0n) is 13.4. The number of esters is 1. The summed E-state index contributed by atoms with van der Waals surface area (Å²) in [4.78, 5) is 24.4. The van der Waals surface area contributed by atoms with E-state index >= 15 is 0 Å². The van der Waals surface area contributed by atoms with Crippen LogP contribution in [0.1, 0.15) is 35.4 Å². The van der Waals surface area contributed by atoms with E-state index in [4.69, 9.17) is 27.9 Å². The number of benzene rings is 1. The first-order chi connectivity index (χ1) is 11.4. The van der Waals surface area contributed by atoms with Gasteiger partial charge in [0.25, 0.3) is 5.91 Å². The van der Waals surface area contributed by atoms with Gasteiger partial charge >= 0.3 is 5.97 Å². The van der Waals surface area contributed by atoms with Gasteiger partial charge in [-0.05, 0) is 18.6 Å². The van der Waals surface area contributed by atoms with Crippen molar-refractivity contribution < 1.29 is 14.3 Å². The first kappa shape index (κ1) is 18.4. The second-order valence-corrected chi connectivity index (χ2v) is 5.94. The smallest absolute Gasteiger partial charge is 0.308 e. The molecular formula is C17H18Cl2N2O3. The molecule has 0 radical (unpaired) electrons. The number of rotatable bonds is 6. The van der Waals surface area contributed by atoms with E-state index in [2.05, 4.69) is 5.32 Å². The van der Waals surface area contributed by atoms with Gasteiger partial charge in [-0.25, -0.2) is 0 Å². The van der Waals surface area contributed by atoms with Crippen LogP contribution in [0.2, 0.25) is 10.2 Å². The number of carbonyl (C=O) groups excluding carboxylic acids is 2. The van der Waals surface area contributed by atoms with Gasteiger partial charge in [-0.15, -0.1) is 0 Å². The summed E-state index contributed by atoms with van der Waals surface area (Å²) in [6.45, 7) is 2.03. The third kappa shape index (κ3) is 4.30. The minimum absolute atomic E-state index is 0.0372. The van der Waals surface area contributed by atoms with Crippen LogP contribution in [0.4, 0.5) is 0 Å². The Morgan fingerprint density at radius 2 is 1.92 bits per heavy atom. The van der Waals surface area contributed by atoms with Crippen molar-refractivity contribution >= 4 is 35.1 Å². The molecule has 0 spiro atoms. The number of ether oxygens (including phenoxy) is 1. The van der Waals surface area contributed by atoms with Crippen LogP contribution in [0.25, 0.3) is 0 Å². The topological polar surface area (TPSA) is 60.3 Å². The number of nitrogens with zero attached hydrogens (tertiary/aromatic N) is 1. The quantitative estimate of drug-likeness (QED) is 0.789. The van der Waals surface area contributed by atoms with Gasteiger partial charge in [-0.3, -0.25) is 9.59 Å². The molecule has 1 amide bonds. The second-order valence-electron chi connectivity index (χ2n) is 5.17. The maximum atomic E-state index is 12.6. The molecule has 1 aromatic carbocycles. The molecule has 0 aliphatic heterocycles. The number of aromatic nitrogens is 1. The van der Waals surface area contributed by atoms with Gasteiger partial charge in [-0.1, -0.05) is 53.5 Å². The first-order valence-electron chi connectivity index (χ1n) is 7.46. The Morgan fingerprint density at radius 3 is 2.46 bits per heavy atom. The van der Waals surface area contributed by atoms with E-state index in [1.165, 1.54) is 10.6 Å². The Hall–Kier alpha value is -1.98. The molecule has 1 aromatic heterocycles. The average Bonchev–Trinajstić information content (AvgIpc) is 2.83. The molecule has 2 aromatic rings. The third-order valence-corrected chi connectivity index (χ3v) is 4.37. The van der Waals surface area contributed by atoms with Crippen molar-refractivity contribution in [3.8, 4) is 0 Å². The summed E-state index contributed by atoms with van der Waals surface area (Å²) in [5, 5.41) is 3.42. The maximum Gasteiger partial charge on any atom is 0.308 e. The molecule has 1 unspecified atom stereocenters. The molecular weight excluding hydrogens is 351 g/mol. The van der Waals surface area contributed by atoms with Gasteiger partial charge in [-0.2, -0.15) is 0 Å². The summed E-state index contributed by atoms with van der Waals surface area (Å²) < 4.78 is 6.48. The summed E-state index contributed by atoms with van der Waals surface area (Å²) in [7, 11) is 1.64. The Kier molecular flexibility index (Phi) is 6.29. The van der Waals surface area contributed by atoms with Gasteiger partial charge in [0.1, 0.15) is 10.8 Å². The van der Waals surface area contributed by atoms with Crippen molar-refractivity contribution in [2.45, 2.75) is 19.4 Å². The SMILES string of the molecule is CCOC(=O)CC(NC(=O)c1cc(Cl)c(Cl)n1C)c1ccccc1. The Labute approximate surface area is 150 Å². The highest BCUT2D eigenvalue weighted by Crippen LogP contribution is 2.26. The largest absolute Gasteiger partial charge is 0.466 e. The lowest BCUT2D eigenvalue weighted by atomic mass is 10.0. The monoisotopic (exact) mass is 368 g/mol. The van der Waals surface area contributed by atoms with E-state index in [0.29, 0.717) is 10.7 Å². The Balaban J connectivity index is 2.22.